The summed E-state index contributed by atoms with van der Waals surface area (Å²) in [5.74, 6) is 3.62. The smallest absolute Gasteiger partial charge is 0.159 e. The summed E-state index contributed by atoms with van der Waals surface area (Å²) in [6.45, 7) is 10.4. The number of rotatable bonds is 2. The van der Waals surface area contributed by atoms with Crippen LogP contribution in [0.4, 0.5) is 0 Å². The molecule has 1 unspecified atom stereocenters. The van der Waals surface area contributed by atoms with E-state index in [4.69, 9.17) is 0 Å². The van der Waals surface area contributed by atoms with E-state index in [0.29, 0.717) is 17.1 Å². The molecule has 4 saturated carbocycles. The molecule has 2 heteroatoms. The van der Waals surface area contributed by atoms with Gasteiger partial charge >= 0.3 is 0 Å². The number of fused-ring (bicyclic) bond motifs is 5. The maximum atomic E-state index is 12.7. The lowest BCUT2D eigenvalue weighted by atomic mass is 9.45. The number of ketones is 1. The van der Waals surface area contributed by atoms with Crippen LogP contribution in [-0.2, 0) is 4.79 Å². The molecular weight excluding hydrogens is 306 g/mol. The standard InChI is InChI=1S/C23H37NO/c1-5-18-21(25)14-20-17-8-7-15-13-16(24-6-2)9-11-22(15,3)19(17)10-12-23(18,20)4/h5,15-17,19-20,24H,6-14H2,1-4H3/b18-5-/t15?,16-,17+,19-,20-,22-,23+/m0/s1. The maximum absolute atomic E-state index is 12.7. The fourth-order valence-corrected chi connectivity index (χ4v) is 7.88. The number of hydrogen-bond donors (Lipinski definition) is 1. The Bertz CT molecular complexity index is 581. The minimum absolute atomic E-state index is 0.178. The van der Waals surface area contributed by atoms with Crippen LogP contribution in [0.15, 0.2) is 11.6 Å². The molecule has 0 radical (unpaired) electrons. The fraction of sp³-hybridized carbons (Fsp3) is 0.870. The Morgan fingerprint density at radius 1 is 1.12 bits per heavy atom. The number of carbonyl (C=O) groups excluding carboxylic acids is 1. The quantitative estimate of drug-likeness (QED) is 0.704. The third-order valence-electron chi connectivity index (χ3n) is 9.16. The molecule has 140 valence electrons. The van der Waals surface area contributed by atoms with Gasteiger partial charge in [0.2, 0.25) is 0 Å². The first-order valence-corrected chi connectivity index (χ1v) is 10.9. The van der Waals surface area contributed by atoms with Crippen molar-refractivity contribution in [3.05, 3.63) is 11.6 Å². The molecule has 0 aromatic carbocycles. The third-order valence-corrected chi connectivity index (χ3v) is 9.16. The average molecular weight is 344 g/mol. The van der Waals surface area contributed by atoms with Crippen molar-refractivity contribution in [3.63, 3.8) is 0 Å². The predicted octanol–water partition coefficient (Wildman–Crippen LogP) is 5.13. The molecule has 0 bridgehead atoms. The summed E-state index contributed by atoms with van der Waals surface area (Å²) < 4.78 is 0. The summed E-state index contributed by atoms with van der Waals surface area (Å²) in [6.07, 6.45) is 12.4. The molecule has 0 heterocycles. The number of carbonyl (C=O) groups is 1. The fourth-order valence-electron chi connectivity index (χ4n) is 7.88. The predicted molar refractivity (Wildman–Crippen MR) is 103 cm³/mol. The van der Waals surface area contributed by atoms with Gasteiger partial charge in [0.25, 0.3) is 0 Å². The van der Waals surface area contributed by atoms with E-state index in [1.807, 2.05) is 0 Å². The molecule has 25 heavy (non-hydrogen) atoms. The van der Waals surface area contributed by atoms with Gasteiger partial charge < -0.3 is 5.32 Å². The number of allylic oxidation sites excluding steroid dienone is 2. The Kier molecular flexibility index (Phi) is 4.42. The topological polar surface area (TPSA) is 29.1 Å². The van der Waals surface area contributed by atoms with E-state index in [9.17, 15) is 4.79 Å². The highest BCUT2D eigenvalue weighted by atomic mass is 16.1. The van der Waals surface area contributed by atoms with Gasteiger partial charge in [0.05, 0.1) is 0 Å². The van der Waals surface area contributed by atoms with E-state index in [2.05, 4.69) is 39.1 Å². The molecule has 0 saturated heterocycles. The lowest BCUT2D eigenvalue weighted by Gasteiger charge is -2.60. The second-order valence-corrected chi connectivity index (χ2v) is 9.97. The molecular formula is C23H37NO. The summed E-state index contributed by atoms with van der Waals surface area (Å²) in [5.41, 5.74) is 1.87. The Morgan fingerprint density at radius 3 is 2.64 bits per heavy atom. The van der Waals surface area contributed by atoms with Crippen LogP contribution in [0.25, 0.3) is 0 Å². The number of Topliss-reactive ketones (excluding diaryl/α,β-unsaturated/α-hetero) is 1. The van der Waals surface area contributed by atoms with Crippen LogP contribution in [-0.4, -0.2) is 18.4 Å². The molecule has 4 aliphatic carbocycles. The first-order chi connectivity index (χ1) is 11.9. The number of hydrogen-bond acceptors (Lipinski definition) is 2. The first kappa shape index (κ1) is 17.8. The Labute approximate surface area is 154 Å². The van der Waals surface area contributed by atoms with Gasteiger partial charge in [0.15, 0.2) is 5.78 Å². The largest absolute Gasteiger partial charge is 0.314 e. The van der Waals surface area contributed by atoms with Crippen LogP contribution in [0.1, 0.15) is 79.1 Å². The van der Waals surface area contributed by atoms with Crippen molar-refractivity contribution in [1.82, 2.24) is 5.32 Å². The summed E-state index contributed by atoms with van der Waals surface area (Å²) in [6, 6.07) is 0.746. The van der Waals surface area contributed by atoms with Gasteiger partial charge in [-0.25, -0.2) is 0 Å². The van der Waals surface area contributed by atoms with Crippen LogP contribution in [0.2, 0.25) is 0 Å². The minimum atomic E-state index is 0.178. The average Bonchev–Trinajstić information content (AvgIpc) is 2.85. The minimum Gasteiger partial charge on any atom is -0.314 e. The SMILES string of the molecule is C/C=C1/C(=O)C[C@H]2[C@@H]3CCC4C[C@@H](NCC)CC[C@]4(C)[C@H]3CC[C@]12C. The molecule has 4 rings (SSSR count). The van der Waals surface area contributed by atoms with Crippen LogP contribution in [0, 0.1) is 34.5 Å². The molecule has 0 aromatic heterocycles. The van der Waals surface area contributed by atoms with E-state index < -0.39 is 0 Å². The normalized spacial score (nSPS) is 51.1. The first-order valence-electron chi connectivity index (χ1n) is 10.9. The van der Waals surface area contributed by atoms with Crippen LogP contribution >= 0.6 is 0 Å². The van der Waals surface area contributed by atoms with Gasteiger partial charge in [-0.3, -0.25) is 4.79 Å². The summed E-state index contributed by atoms with van der Waals surface area (Å²) in [5, 5.41) is 3.72. The Balaban J connectivity index is 1.59. The van der Waals surface area contributed by atoms with Crippen LogP contribution in [0.3, 0.4) is 0 Å². The lowest BCUT2D eigenvalue weighted by Crippen LogP contribution is -2.54. The molecule has 1 N–H and O–H groups in total. The van der Waals surface area contributed by atoms with Gasteiger partial charge in [-0.15, -0.1) is 0 Å². The zero-order chi connectivity index (χ0) is 17.8. The Hall–Kier alpha value is -0.630. The molecule has 0 aromatic rings. The highest BCUT2D eigenvalue weighted by Crippen LogP contribution is 2.66. The highest BCUT2D eigenvalue weighted by Gasteiger charge is 2.60. The maximum Gasteiger partial charge on any atom is 0.159 e. The van der Waals surface area contributed by atoms with Gasteiger partial charge in [0, 0.05) is 12.5 Å². The second-order valence-electron chi connectivity index (χ2n) is 9.97. The van der Waals surface area contributed by atoms with Crippen molar-refractivity contribution in [1.29, 1.82) is 0 Å². The van der Waals surface area contributed by atoms with E-state index in [-0.39, 0.29) is 5.41 Å². The molecule has 4 fully saturated rings. The third kappa shape index (κ3) is 2.50. The molecule has 0 spiro atoms. The van der Waals surface area contributed by atoms with Crippen LogP contribution in [0.5, 0.6) is 0 Å². The monoisotopic (exact) mass is 343 g/mol. The summed E-state index contributed by atoms with van der Waals surface area (Å²) in [7, 11) is 0. The summed E-state index contributed by atoms with van der Waals surface area (Å²) in [4.78, 5) is 12.7. The highest BCUT2D eigenvalue weighted by molar-refractivity contribution is 5.99. The van der Waals surface area contributed by atoms with Crippen molar-refractivity contribution in [3.8, 4) is 0 Å². The van der Waals surface area contributed by atoms with Crippen LogP contribution < -0.4 is 5.32 Å². The second kappa shape index (κ2) is 6.22. The van der Waals surface area contributed by atoms with Gasteiger partial charge in [-0.2, -0.15) is 0 Å². The zero-order valence-electron chi connectivity index (χ0n) is 16.7. The Morgan fingerprint density at radius 2 is 1.92 bits per heavy atom. The van der Waals surface area contributed by atoms with E-state index in [1.165, 1.54) is 50.5 Å². The van der Waals surface area contributed by atoms with E-state index in [1.54, 1.807) is 0 Å². The molecule has 7 atom stereocenters. The molecule has 0 aliphatic heterocycles. The lowest BCUT2D eigenvalue weighted by molar-refractivity contribution is -0.116. The van der Waals surface area contributed by atoms with Crippen molar-refractivity contribution in [2.45, 2.75) is 85.1 Å². The molecule has 4 aliphatic rings. The van der Waals surface area contributed by atoms with E-state index in [0.717, 1.165) is 36.8 Å². The van der Waals surface area contributed by atoms with Gasteiger partial charge in [-0.05, 0) is 98.5 Å². The van der Waals surface area contributed by atoms with Crippen molar-refractivity contribution >= 4 is 5.78 Å². The zero-order valence-corrected chi connectivity index (χ0v) is 16.7. The molecule has 0 amide bonds. The number of nitrogens with one attached hydrogen (secondary N) is 1. The molecule has 2 nitrogen and oxygen atoms in total. The summed E-state index contributed by atoms with van der Waals surface area (Å²) >= 11 is 0. The van der Waals surface area contributed by atoms with Crippen molar-refractivity contribution in [2.75, 3.05) is 6.54 Å². The van der Waals surface area contributed by atoms with Gasteiger partial charge in [0.1, 0.15) is 0 Å². The van der Waals surface area contributed by atoms with Crippen molar-refractivity contribution < 1.29 is 4.79 Å². The van der Waals surface area contributed by atoms with Gasteiger partial charge in [-0.1, -0.05) is 26.8 Å². The van der Waals surface area contributed by atoms with E-state index >= 15 is 0 Å². The van der Waals surface area contributed by atoms with Crippen molar-refractivity contribution in [2.24, 2.45) is 34.5 Å².